The molecular formula is C19H27N3O2. The third-order valence-corrected chi connectivity index (χ3v) is 5.27. The van der Waals surface area contributed by atoms with Crippen LogP contribution in [0.15, 0.2) is 30.3 Å². The summed E-state index contributed by atoms with van der Waals surface area (Å²) in [6, 6.07) is 10.5. The fourth-order valence-electron chi connectivity index (χ4n) is 3.78. The summed E-state index contributed by atoms with van der Waals surface area (Å²) in [5, 5.41) is 2.84. The predicted octanol–water partition coefficient (Wildman–Crippen LogP) is 1.39. The van der Waals surface area contributed by atoms with Gasteiger partial charge in [0, 0.05) is 44.6 Å². The number of carbonyl (C=O) groups excluding carboxylic acids is 2. The van der Waals surface area contributed by atoms with E-state index in [-0.39, 0.29) is 17.2 Å². The Bertz CT molecular complexity index is 590. The lowest BCUT2D eigenvalue weighted by atomic mass is 9.75. The average Bonchev–Trinajstić information content (AvgIpc) is 2.59. The van der Waals surface area contributed by atoms with Gasteiger partial charge in [0.15, 0.2) is 0 Å². The quantitative estimate of drug-likeness (QED) is 0.888. The van der Waals surface area contributed by atoms with E-state index in [4.69, 9.17) is 0 Å². The molecule has 0 aromatic heterocycles. The van der Waals surface area contributed by atoms with Crippen LogP contribution in [-0.2, 0) is 15.0 Å². The van der Waals surface area contributed by atoms with E-state index in [1.54, 1.807) is 0 Å². The molecule has 24 heavy (non-hydrogen) atoms. The lowest BCUT2D eigenvalue weighted by molar-refractivity contribution is -0.135. The molecule has 2 aliphatic rings. The zero-order chi connectivity index (χ0) is 17.0. The summed E-state index contributed by atoms with van der Waals surface area (Å²) in [6.45, 7) is 6.82. The Kier molecular flexibility index (Phi) is 5.19. The predicted molar refractivity (Wildman–Crippen MR) is 93.7 cm³/mol. The SMILES string of the molecule is CC1(c2ccccc2)CCC(=O)N(CCCN2CCNC(=O)C2)C1. The molecule has 2 amide bonds. The van der Waals surface area contributed by atoms with Crippen molar-refractivity contribution >= 4 is 11.8 Å². The molecular weight excluding hydrogens is 302 g/mol. The van der Waals surface area contributed by atoms with Crippen molar-refractivity contribution in [1.82, 2.24) is 15.1 Å². The van der Waals surface area contributed by atoms with E-state index in [1.807, 2.05) is 11.0 Å². The van der Waals surface area contributed by atoms with Crippen molar-refractivity contribution < 1.29 is 9.59 Å². The van der Waals surface area contributed by atoms with Gasteiger partial charge >= 0.3 is 0 Å². The summed E-state index contributed by atoms with van der Waals surface area (Å²) >= 11 is 0. The first-order chi connectivity index (χ1) is 11.6. The van der Waals surface area contributed by atoms with Crippen LogP contribution in [0.2, 0.25) is 0 Å². The van der Waals surface area contributed by atoms with Gasteiger partial charge < -0.3 is 10.2 Å². The number of hydrogen-bond donors (Lipinski definition) is 1. The van der Waals surface area contributed by atoms with Gasteiger partial charge in [-0.15, -0.1) is 0 Å². The third-order valence-electron chi connectivity index (χ3n) is 5.27. The van der Waals surface area contributed by atoms with Crippen LogP contribution in [0.3, 0.4) is 0 Å². The van der Waals surface area contributed by atoms with E-state index in [0.717, 1.165) is 45.6 Å². The van der Waals surface area contributed by atoms with Crippen LogP contribution < -0.4 is 5.32 Å². The molecule has 5 nitrogen and oxygen atoms in total. The number of nitrogens with zero attached hydrogens (tertiary/aromatic N) is 2. The Hall–Kier alpha value is -1.88. The van der Waals surface area contributed by atoms with Crippen molar-refractivity contribution in [2.75, 3.05) is 39.3 Å². The molecule has 0 spiro atoms. The van der Waals surface area contributed by atoms with E-state index in [9.17, 15) is 9.59 Å². The highest BCUT2D eigenvalue weighted by Gasteiger charge is 2.35. The smallest absolute Gasteiger partial charge is 0.234 e. The summed E-state index contributed by atoms with van der Waals surface area (Å²) < 4.78 is 0. The van der Waals surface area contributed by atoms with Crippen LogP contribution >= 0.6 is 0 Å². The minimum absolute atomic E-state index is 0.0418. The van der Waals surface area contributed by atoms with Gasteiger partial charge in [0.2, 0.25) is 11.8 Å². The minimum atomic E-state index is 0.0418. The molecule has 1 atom stereocenters. The molecule has 0 radical (unpaired) electrons. The first-order valence-corrected chi connectivity index (χ1v) is 8.89. The summed E-state index contributed by atoms with van der Waals surface area (Å²) in [5.41, 5.74) is 1.36. The molecule has 5 heteroatoms. The average molecular weight is 329 g/mol. The summed E-state index contributed by atoms with van der Waals surface area (Å²) in [4.78, 5) is 27.9. The highest BCUT2D eigenvalue weighted by molar-refractivity contribution is 5.78. The summed E-state index contributed by atoms with van der Waals surface area (Å²) in [7, 11) is 0. The van der Waals surface area contributed by atoms with Crippen molar-refractivity contribution in [2.24, 2.45) is 0 Å². The number of amides is 2. The number of carbonyl (C=O) groups is 2. The Morgan fingerprint density at radius 3 is 2.71 bits per heavy atom. The van der Waals surface area contributed by atoms with Crippen molar-refractivity contribution in [1.29, 1.82) is 0 Å². The van der Waals surface area contributed by atoms with Gasteiger partial charge in [0.1, 0.15) is 0 Å². The largest absolute Gasteiger partial charge is 0.354 e. The van der Waals surface area contributed by atoms with Crippen LogP contribution in [0.4, 0.5) is 0 Å². The molecule has 2 saturated heterocycles. The number of piperidine rings is 1. The first kappa shape index (κ1) is 17.0. The molecule has 2 fully saturated rings. The van der Waals surface area contributed by atoms with Gasteiger partial charge in [0.25, 0.3) is 0 Å². The maximum Gasteiger partial charge on any atom is 0.234 e. The van der Waals surface area contributed by atoms with Crippen molar-refractivity contribution in [2.45, 2.75) is 31.6 Å². The number of piperazine rings is 1. The lowest BCUT2D eigenvalue weighted by Crippen LogP contribution is -2.50. The molecule has 2 aliphatic heterocycles. The van der Waals surface area contributed by atoms with E-state index in [0.29, 0.717) is 13.0 Å². The van der Waals surface area contributed by atoms with Gasteiger partial charge in [-0.2, -0.15) is 0 Å². The highest BCUT2D eigenvalue weighted by atomic mass is 16.2. The fourth-order valence-corrected chi connectivity index (χ4v) is 3.78. The van der Waals surface area contributed by atoms with E-state index in [1.165, 1.54) is 5.56 Å². The zero-order valence-electron chi connectivity index (χ0n) is 14.5. The van der Waals surface area contributed by atoms with Crippen molar-refractivity contribution in [3.8, 4) is 0 Å². The van der Waals surface area contributed by atoms with Gasteiger partial charge in [-0.1, -0.05) is 37.3 Å². The molecule has 0 aliphatic carbocycles. The second-order valence-corrected chi connectivity index (χ2v) is 7.22. The Balaban J connectivity index is 1.54. The van der Waals surface area contributed by atoms with Gasteiger partial charge in [0.05, 0.1) is 6.54 Å². The molecule has 1 aromatic carbocycles. The maximum atomic E-state index is 12.3. The van der Waals surface area contributed by atoms with Gasteiger partial charge in [-0.05, 0) is 18.4 Å². The second kappa shape index (κ2) is 7.34. The Morgan fingerprint density at radius 2 is 1.96 bits per heavy atom. The van der Waals surface area contributed by atoms with Crippen LogP contribution in [0.5, 0.6) is 0 Å². The lowest BCUT2D eigenvalue weighted by Gasteiger charge is -2.41. The number of likely N-dealkylation sites (tertiary alicyclic amines) is 1. The molecule has 1 unspecified atom stereocenters. The Labute approximate surface area is 144 Å². The molecule has 0 saturated carbocycles. The van der Waals surface area contributed by atoms with Gasteiger partial charge in [-0.3, -0.25) is 14.5 Å². The van der Waals surface area contributed by atoms with E-state index < -0.39 is 0 Å². The van der Waals surface area contributed by atoms with Crippen LogP contribution in [0.1, 0.15) is 31.7 Å². The monoisotopic (exact) mass is 329 g/mol. The Morgan fingerprint density at radius 1 is 1.17 bits per heavy atom. The zero-order valence-corrected chi connectivity index (χ0v) is 14.5. The highest BCUT2D eigenvalue weighted by Crippen LogP contribution is 2.34. The van der Waals surface area contributed by atoms with Crippen LogP contribution in [0.25, 0.3) is 0 Å². The van der Waals surface area contributed by atoms with Crippen molar-refractivity contribution in [3.05, 3.63) is 35.9 Å². The van der Waals surface area contributed by atoms with E-state index in [2.05, 4.69) is 41.4 Å². The summed E-state index contributed by atoms with van der Waals surface area (Å²) in [6.07, 6.45) is 2.46. The van der Waals surface area contributed by atoms with Crippen LogP contribution in [0, 0.1) is 0 Å². The number of rotatable bonds is 5. The van der Waals surface area contributed by atoms with E-state index >= 15 is 0 Å². The van der Waals surface area contributed by atoms with Crippen LogP contribution in [-0.4, -0.2) is 60.9 Å². The molecule has 2 heterocycles. The second-order valence-electron chi connectivity index (χ2n) is 7.22. The third kappa shape index (κ3) is 3.96. The number of hydrogen-bond acceptors (Lipinski definition) is 3. The topological polar surface area (TPSA) is 52.7 Å². The molecule has 130 valence electrons. The van der Waals surface area contributed by atoms with Crippen molar-refractivity contribution in [3.63, 3.8) is 0 Å². The molecule has 0 bridgehead atoms. The molecule has 1 aromatic rings. The normalized spacial score (nSPS) is 25.6. The number of nitrogens with one attached hydrogen (secondary N) is 1. The minimum Gasteiger partial charge on any atom is -0.354 e. The first-order valence-electron chi connectivity index (χ1n) is 8.89. The van der Waals surface area contributed by atoms with Gasteiger partial charge in [-0.25, -0.2) is 0 Å². The summed E-state index contributed by atoms with van der Waals surface area (Å²) in [5.74, 6) is 0.367. The number of benzene rings is 1. The standard InChI is InChI=1S/C19H27N3O2/c1-19(16-6-3-2-4-7-16)9-8-18(24)22(15-19)12-5-11-21-13-10-20-17(23)14-21/h2-4,6-7H,5,8-15H2,1H3,(H,20,23). The fraction of sp³-hybridized carbons (Fsp3) is 0.579. The maximum absolute atomic E-state index is 12.3. The molecule has 3 rings (SSSR count). The molecule has 1 N–H and O–H groups in total.